The van der Waals surface area contributed by atoms with Gasteiger partial charge in [-0.1, -0.05) is 25.3 Å². The Labute approximate surface area is 204 Å². The number of nitrogens with one attached hydrogen (secondary N) is 1. The first-order valence-electron chi connectivity index (χ1n) is 11.8. The Morgan fingerprint density at radius 3 is 2.28 bits per heavy atom. The minimum atomic E-state index is -2.27. The molecule has 1 heterocycles. The van der Waals surface area contributed by atoms with Crippen LogP contribution < -0.4 is 11.1 Å². The van der Waals surface area contributed by atoms with Gasteiger partial charge in [-0.05, 0) is 43.4 Å². The maximum atomic E-state index is 14.1. The summed E-state index contributed by atoms with van der Waals surface area (Å²) in [5.41, 5.74) is 9.26. The molecule has 188 valence electrons. The predicted molar refractivity (Wildman–Crippen MR) is 124 cm³/mol. The van der Waals surface area contributed by atoms with Crippen LogP contribution in [0.4, 0.5) is 33.5 Å². The van der Waals surface area contributed by atoms with Gasteiger partial charge >= 0.3 is 0 Å². The quantitative estimate of drug-likeness (QED) is 0.206. The van der Waals surface area contributed by atoms with Crippen molar-refractivity contribution in [2.24, 2.45) is 0 Å². The van der Waals surface area contributed by atoms with E-state index in [1.807, 2.05) is 12.1 Å². The van der Waals surface area contributed by atoms with Crippen molar-refractivity contribution in [3.8, 4) is 11.3 Å². The number of halogens is 5. The summed E-state index contributed by atoms with van der Waals surface area (Å²) in [7, 11) is 0. The largest absolute Gasteiger partial charge is 0.399 e. The average molecular weight is 502 g/mol. The van der Waals surface area contributed by atoms with Crippen LogP contribution in [0, 0.1) is 29.1 Å². The van der Waals surface area contributed by atoms with Crippen molar-refractivity contribution in [3.63, 3.8) is 0 Å². The second-order valence-electron chi connectivity index (χ2n) is 9.28. The van der Waals surface area contributed by atoms with Gasteiger partial charge in [-0.2, -0.15) is 0 Å². The minimum Gasteiger partial charge on any atom is -0.399 e. The smallest absolute Gasteiger partial charge is 0.230 e. The number of nitrogens with zero attached hydrogens (tertiary/aromatic N) is 2. The molecule has 0 radical (unpaired) electrons. The number of hydrogen-bond donors (Lipinski definition) is 2. The van der Waals surface area contributed by atoms with Crippen molar-refractivity contribution >= 4 is 17.4 Å². The maximum absolute atomic E-state index is 14.1. The van der Waals surface area contributed by atoms with Gasteiger partial charge in [-0.3, -0.25) is 4.79 Å². The molecule has 3 aromatic rings. The van der Waals surface area contributed by atoms with Gasteiger partial charge in [0.2, 0.25) is 11.7 Å². The van der Waals surface area contributed by atoms with Crippen LogP contribution in [0.1, 0.15) is 60.5 Å². The van der Waals surface area contributed by atoms with Crippen molar-refractivity contribution < 1.29 is 26.7 Å². The van der Waals surface area contributed by atoms with Gasteiger partial charge in [0.15, 0.2) is 29.1 Å². The Balaban J connectivity index is 1.51. The number of anilines is 2. The third kappa shape index (κ3) is 4.29. The van der Waals surface area contributed by atoms with Gasteiger partial charge < -0.3 is 11.1 Å². The van der Waals surface area contributed by atoms with Crippen molar-refractivity contribution in [1.82, 2.24) is 9.97 Å². The summed E-state index contributed by atoms with van der Waals surface area (Å²) in [5.74, 6) is -11.3. The Morgan fingerprint density at radius 1 is 0.917 bits per heavy atom. The van der Waals surface area contributed by atoms with Crippen LogP contribution in [-0.2, 0) is 24.1 Å². The fourth-order valence-corrected chi connectivity index (χ4v) is 5.07. The molecule has 0 bridgehead atoms. The van der Waals surface area contributed by atoms with Crippen molar-refractivity contribution in [2.75, 3.05) is 11.1 Å². The Hall–Kier alpha value is -3.56. The van der Waals surface area contributed by atoms with Crippen molar-refractivity contribution in [2.45, 2.75) is 57.3 Å². The fourth-order valence-electron chi connectivity index (χ4n) is 5.07. The molecule has 0 unspecified atom stereocenters. The molecule has 2 aliphatic rings. The number of nitrogen functional groups attached to an aromatic ring is 1. The lowest BCUT2D eigenvalue weighted by molar-refractivity contribution is -0.115. The number of rotatable bonds is 4. The second-order valence-corrected chi connectivity index (χ2v) is 9.28. The number of aryl methyl sites for hydroxylation is 2. The summed E-state index contributed by atoms with van der Waals surface area (Å²) in [5, 5.41) is 2.54. The van der Waals surface area contributed by atoms with E-state index in [0.29, 0.717) is 35.6 Å². The molecule has 2 aliphatic carbocycles. The molecule has 1 fully saturated rings. The number of hydrogen-bond acceptors (Lipinski definition) is 4. The summed E-state index contributed by atoms with van der Waals surface area (Å²) in [6.45, 7) is 0. The summed E-state index contributed by atoms with van der Waals surface area (Å²) in [6, 6.07) is 5.58. The molecule has 0 aliphatic heterocycles. The van der Waals surface area contributed by atoms with E-state index >= 15 is 0 Å². The zero-order chi connectivity index (χ0) is 25.6. The monoisotopic (exact) mass is 502 g/mol. The first kappa shape index (κ1) is 24.1. The molecule has 5 rings (SSSR count). The molecule has 1 saturated carbocycles. The normalized spacial score (nSPS) is 15.4. The molecule has 1 aromatic heterocycles. The van der Waals surface area contributed by atoms with Crippen LogP contribution in [0.25, 0.3) is 11.3 Å². The lowest BCUT2D eigenvalue weighted by atomic mass is 9.85. The highest BCUT2D eigenvalue weighted by Crippen LogP contribution is 2.39. The third-order valence-electron chi connectivity index (χ3n) is 6.90. The first-order valence-corrected chi connectivity index (χ1v) is 11.8. The highest BCUT2D eigenvalue weighted by atomic mass is 19.2. The standard InChI is InChI=1S/C26H23F5N4O/c27-19-16(20(28)22(30)23(31)21(19)29)11-18(36)34-26-24(12-4-2-1-3-5-12)35-25-15-8-7-14(32)10-13(15)6-9-17(25)33-26/h7-8,10,12H,1-6,9,11,32H2,(H,33,34,36). The zero-order valence-corrected chi connectivity index (χ0v) is 19.2. The molecular formula is C26H23F5N4O. The van der Waals surface area contributed by atoms with E-state index in [4.69, 9.17) is 10.7 Å². The van der Waals surface area contributed by atoms with Gasteiger partial charge in [0.1, 0.15) is 0 Å². The number of amides is 1. The van der Waals surface area contributed by atoms with Crippen LogP contribution in [0.15, 0.2) is 18.2 Å². The summed E-state index contributed by atoms with van der Waals surface area (Å²) < 4.78 is 68.8. The Kier molecular flexibility index (Phi) is 6.36. The number of fused-ring (bicyclic) bond motifs is 3. The van der Waals surface area contributed by atoms with E-state index in [9.17, 15) is 26.7 Å². The van der Waals surface area contributed by atoms with Gasteiger partial charge in [-0.15, -0.1) is 0 Å². The SMILES string of the molecule is Nc1ccc2c(c1)CCc1nc(NC(=O)Cc3c(F)c(F)c(F)c(F)c3F)c(C3CCCCC3)nc1-2. The molecule has 36 heavy (non-hydrogen) atoms. The Bertz CT molecular complexity index is 1340. The van der Waals surface area contributed by atoms with E-state index in [-0.39, 0.29) is 11.7 Å². The number of nitrogens with two attached hydrogens (primary N) is 1. The molecule has 0 atom stereocenters. The molecule has 0 spiro atoms. The lowest BCUT2D eigenvalue weighted by Crippen LogP contribution is -2.23. The molecule has 5 nitrogen and oxygen atoms in total. The zero-order valence-electron chi connectivity index (χ0n) is 19.2. The highest BCUT2D eigenvalue weighted by Gasteiger charge is 2.30. The summed E-state index contributed by atoms with van der Waals surface area (Å²) in [4.78, 5) is 22.3. The van der Waals surface area contributed by atoms with Crippen LogP contribution in [-0.4, -0.2) is 15.9 Å². The van der Waals surface area contributed by atoms with Gasteiger partial charge in [0.25, 0.3) is 0 Å². The topological polar surface area (TPSA) is 80.9 Å². The van der Waals surface area contributed by atoms with E-state index in [1.165, 1.54) is 0 Å². The summed E-state index contributed by atoms with van der Waals surface area (Å²) >= 11 is 0. The molecule has 10 heteroatoms. The van der Waals surface area contributed by atoms with Gasteiger partial charge in [0.05, 0.1) is 23.5 Å². The summed E-state index contributed by atoms with van der Waals surface area (Å²) in [6.07, 6.45) is 4.89. The number of carbonyl (C=O) groups is 1. The van der Waals surface area contributed by atoms with E-state index < -0.39 is 47.0 Å². The lowest BCUT2D eigenvalue weighted by Gasteiger charge is -2.26. The van der Waals surface area contributed by atoms with E-state index in [1.54, 1.807) is 6.07 Å². The van der Waals surface area contributed by atoms with Crippen molar-refractivity contribution in [3.05, 3.63) is 69.8 Å². The third-order valence-corrected chi connectivity index (χ3v) is 6.90. The number of carbonyl (C=O) groups excluding carboxylic acids is 1. The molecule has 2 aromatic carbocycles. The number of benzene rings is 2. The van der Waals surface area contributed by atoms with Gasteiger partial charge in [-0.25, -0.2) is 31.9 Å². The van der Waals surface area contributed by atoms with E-state index in [0.717, 1.165) is 43.2 Å². The first-order chi connectivity index (χ1) is 17.2. The van der Waals surface area contributed by atoms with Crippen LogP contribution in [0.3, 0.4) is 0 Å². The molecule has 3 N–H and O–H groups in total. The average Bonchev–Trinajstić information content (AvgIpc) is 2.88. The highest BCUT2D eigenvalue weighted by molar-refractivity contribution is 5.92. The van der Waals surface area contributed by atoms with Gasteiger partial charge in [0, 0.05) is 22.7 Å². The van der Waals surface area contributed by atoms with E-state index in [2.05, 4.69) is 10.3 Å². The van der Waals surface area contributed by atoms with Crippen molar-refractivity contribution in [1.29, 1.82) is 0 Å². The maximum Gasteiger partial charge on any atom is 0.230 e. The minimum absolute atomic E-state index is 0.0141. The Morgan fingerprint density at radius 2 is 1.58 bits per heavy atom. The van der Waals surface area contributed by atoms with Crippen LogP contribution >= 0.6 is 0 Å². The second kappa shape index (κ2) is 9.48. The number of aromatic nitrogens is 2. The molecule has 1 amide bonds. The molecule has 0 saturated heterocycles. The van der Waals surface area contributed by atoms with Crippen LogP contribution in [0.5, 0.6) is 0 Å². The fraction of sp³-hybridized carbons (Fsp3) is 0.346. The molecular weight excluding hydrogens is 479 g/mol. The predicted octanol–water partition coefficient (Wildman–Crippen LogP) is 5.75. The van der Waals surface area contributed by atoms with Crippen LogP contribution in [0.2, 0.25) is 0 Å².